The van der Waals surface area contributed by atoms with Crippen LogP contribution >= 0.6 is 0 Å². The Morgan fingerprint density at radius 3 is 2.57 bits per heavy atom. The fraction of sp³-hybridized carbons (Fsp3) is 0.731. The zero-order valence-corrected chi connectivity index (χ0v) is 19.0. The summed E-state index contributed by atoms with van der Waals surface area (Å²) in [7, 11) is 0. The van der Waals surface area contributed by atoms with E-state index in [1.165, 1.54) is 38.2 Å². The number of amides is 1. The first-order chi connectivity index (χ1) is 14.5. The van der Waals surface area contributed by atoms with Gasteiger partial charge in [-0.2, -0.15) is 0 Å². The van der Waals surface area contributed by atoms with Gasteiger partial charge < -0.3 is 9.64 Å². The molecular formula is C26H38FNO2. The van der Waals surface area contributed by atoms with Crippen molar-refractivity contribution in [2.75, 3.05) is 13.2 Å². The SMILES string of the molecule is CCCC1CCC(COc2cc(F)c(C(=O)N3CC[C@@H](CC)[C@@H]3C)cc2C2CC2)C1. The van der Waals surface area contributed by atoms with Crippen molar-refractivity contribution >= 4 is 5.91 Å². The third-order valence-electron chi connectivity index (χ3n) is 7.87. The van der Waals surface area contributed by atoms with Gasteiger partial charge in [-0.05, 0) is 74.3 Å². The summed E-state index contributed by atoms with van der Waals surface area (Å²) in [5.41, 5.74) is 1.28. The number of hydrogen-bond donors (Lipinski definition) is 0. The molecule has 3 fully saturated rings. The van der Waals surface area contributed by atoms with Crippen LogP contribution in [0.4, 0.5) is 4.39 Å². The van der Waals surface area contributed by atoms with E-state index in [4.69, 9.17) is 4.74 Å². The molecule has 3 aliphatic rings. The zero-order valence-electron chi connectivity index (χ0n) is 19.0. The summed E-state index contributed by atoms with van der Waals surface area (Å²) in [6.45, 7) is 7.93. The summed E-state index contributed by atoms with van der Waals surface area (Å²) in [6.07, 6.45) is 10.6. The minimum Gasteiger partial charge on any atom is -0.493 e. The number of hydrogen-bond acceptors (Lipinski definition) is 2. The maximum atomic E-state index is 15.1. The molecule has 4 heteroatoms. The average molecular weight is 416 g/mol. The topological polar surface area (TPSA) is 29.5 Å². The summed E-state index contributed by atoms with van der Waals surface area (Å²) in [6, 6.07) is 3.49. The van der Waals surface area contributed by atoms with Crippen molar-refractivity contribution in [1.29, 1.82) is 0 Å². The third-order valence-corrected chi connectivity index (χ3v) is 7.87. The van der Waals surface area contributed by atoms with Crippen molar-refractivity contribution in [3.63, 3.8) is 0 Å². The van der Waals surface area contributed by atoms with E-state index < -0.39 is 5.82 Å². The Balaban J connectivity index is 1.47. The predicted octanol–water partition coefficient (Wildman–Crippen LogP) is 6.56. The molecule has 0 N–H and O–H groups in total. The number of rotatable bonds is 8. The van der Waals surface area contributed by atoms with Gasteiger partial charge in [-0.25, -0.2) is 4.39 Å². The highest BCUT2D eigenvalue weighted by atomic mass is 19.1. The Kier molecular flexibility index (Phi) is 6.69. The minimum absolute atomic E-state index is 0.150. The number of carbonyl (C=O) groups is 1. The highest BCUT2D eigenvalue weighted by Crippen LogP contribution is 2.46. The Bertz CT molecular complexity index is 760. The van der Waals surface area contributed by atoms with Gasteiger partial charge in [0.15, 0.2) is 0 Å². The molecular weight excluding hydrogens is 377 g/mol. The lowest BCUT2D eigenvalue weighted by Crippen LogP contribution is -2.36. The van der Waals surface area contributed by atoms with Gasteiger partial charge in [0, 0.05) is 18.7 Å². The van der Waals surface area contributed by atoms with Gasteiger partial charge in [0.25, 0.3) is 5.91 Å². The minimum atomic E-state index is -0.429. The van der Waals surface area contributed by atoms with E-state index in [1.54, 1.807) is 0 Å². The molecule has 0 bridgehead atoms. The van der Waals surface area contributed by atoms with Crippen LogP contribution in [0, 0.1) is 23.6 Å². The van der Waals surface area contributed by atoms with Gasteiger partial charge in [-0.15, -0.1) is 0 Å². The normalized spacial score (nSPS) is 28.9. The van der Waals surface area contributed by atoms with Crippen LogP contribution in [-0.2, 0) is 0 Å². The van der Waals surface area contributed by atoms with Gasteiger partial charge in [-0.3, -0.25) is 4.79 Å². The van der Waals surface area contributed by atoms with Crippen LogP contribution in [0.3, 0.4) is 0 Å². The summed E-state index contributed by atoms with van der Waals surface area (Å²) in [4.78, 5) is 15.0. The molecule has 4 rings (SSSR count). The van der Waals surface area contributed by atoms with Crippen LogP contribution in [-0.4, -0.2) is 30.0 Å². The third kappa shape index (κ3) is 4.53. The smallest absolute Gasteiger partial charge is 0.257 e. The van der Waals surface area contributed by atoms with Crippen LogP contribution < -0.4 is 4.74 Å². The number of carbonyl (C=O) groups excluding carboxylic acids is 1. The summed E-state index contributed by atoms with van der Waals surface area (Å²) < 4.78 is 21.2. The van der Waals surface area contributed by atoms with Gasteiger partial charge in [-0.1, -0.05) is 39.5 Å². The molecule has 1 aromatic rings. The van der Waals surface area contributed by atoms with Crippen molar-refractivity contribution < 1.29 is 13.9 Å². The Hall–Kier alpha value is -1.58. The number of likely N-dealkylation sites (tertiary alicyclic amines) is 1. The fourth-order valence-electron chi connectivity index (χ4n) is 5.77. The van der Waals surface area contributed by atoms with E-state index in [1.807, 2.05) is 11.0 Å². The lowest BCUT2D eigenvalue weighted by atomic mass is 9.98. The Labute approximate surface area is 181 Å². The van der Waals surface area contributed by atoms with Crippen molar-refractivity contribution in [3.8, 4) is 5.75 Å². The molecule has 0 spiro atoms. The van der Waals surface area contributed by atoms with E-state index in [9.17, 15) is 4.79 Å². The lowest BCUT2D eigenvalue weighted by molar-refractivity contribution is 0.0726. The van der Waals surface area contributed by atoms with E-state index >= 15 is 4.39 Å². The number of nitrogens with zero attached hydrogens (tertiary/aromatic N) is 1. The molecule has 2 unspecified atom stereocenters. The van der Waals surface area contributed by atoms with Crippen molar-refractivity contribution in [1.82, 2.24) is 4.90 Å². The molecule has 1 aliphatic heterocycles. The summed E-state index contributed by atoms with van der Waals surface area (Å²) in [5, 5.41) is 0. The molecule has 0 radical (unpaired) electrons. The molecule has 166 valence electrons. The van der Waals surface area contributed by atoms with Crippen molar-refractivity contribution in [2.24, 2.45) is 17.8 Å². The highest BCUT2D eigenvalue weighted by Gasteiger charge is 2.36. The molecule has 1 aromatic carbocycles. The molecule has 2 aliphatic carbocycles. The first-order valence-corrected chi connectivity index (χ1v) is 12.3. The molecule has 3 nitrogen and oxygen atoms in total. The average Bonchev–Trinajstić information content (AvgIpc) is 3.37. The van der Waals surface area contributed by atoms with Gasteiger partial charge in [0.05, 0.1) is 12.2 Å². The second-order valence-corrected chi connectivity index (χ2v) is 9.99. The van der Waals surface area contributed by atoms with E-state index in [-0.39, 0.29) is 17.5 Å². The zero-order chi connectivity index (χ0) is 21.3. The Morgan fingerprint density at radius 1 is 1.13 bits per heavy atom. The van der Waals surface area contributed by atoms with Crippen LogP contribution in [0.25, 0.3) is 0 Å². The van der Waals surface area contributed by atoms with E-state index in [0.29, 0.717) is 30.1 Å². The fourth-order valence-corrected chi connectivity index (χ4v) is 5.77. The molecule has 4 atom stereocenters. The number of benzene rings is 1. The second kappa shape index (κ2) is 9.28. The van der Waals surface area contributed by atoms with Crippen LogP contribution in [0.5, 0.6) is 5.75 Å². The van der Waals surface area contributed by atoms with E-state index in [2.05, 4.69) is 20.8 Å². The molecule has 1 heterocycles. The van der Waals surface area contributed by atoms with Gasteiger partial charge >= 0.3 is 0 Å². The van der Waals surface area contributed by atoms with Gasteiger partial charge in [0.2, 0.25) is 0 Å². The van der Waals surface area contributed by atoms with Crippen LogP contribution in [0.15, 0.2) is 12.1 Å². The maximum absolute atomic E-state index is 15.1. The van der Waals surface area contributed by atoms with E-state index in [0.717, 1.165) is 43.7 Å². The highest BCUT2D eigenvalue weighted by molar-refractivity contribution is 5.95. The van der Waals surface area contributed by atoms with Crippen LogP contribution in [0.1, 0.15) is 100 Å². The van der Waals surface area contributed by atoms with Crippen molar-refractivity contribution in [3.05, 3.63) is 29.1 Å². The van der Waals surface area contributed by atoms with Crippen LogP contribution in [0.2, 0.25) is 0 Å². The lowest BCUT2D eigenvalue weighted by Gasteiger charge is -2.25. The summed E-state index contributed by atoms with van der Waals surface area (Å²) in [5.74, 6) is 2.44. The number of ether oxygens (including phenoxy) is 1. The van der Waals surface area contributed by atoms with Crippen molar-refractivity contribution in [2.45, 2.75) is 90.5 Å². The van der Waals surface area contributed by atoms with Gasteiger partial charge in [0.1, 0.15) is 11.6 Å². The first kappa shape index (κ1) is 21.6. The molecule has 30 heavy (non-hydrogen) atoms. The number of halogens is 1. The molecule has 1 amide bonds. The molecule has 1 saturated heterocycles. The molecule has 2 saturated carbocycles. The quantitative estimate of drug-likeness (QED) is 0.481. The predicted molar refractivity (Wildman–Crippen MR) is 119 cm³/mol. The largest absolute Gasteiger partial charge is 0.493 e. The first-order valence-electron chi connectivity index (χ1n) is 12.3. The standard InChI is InChI=1S/C26H38FNO2/c1-4-6-18-7-8-19(13-18)16-30-25-15-24(27)23(14-22(25)21-9-10-21)26(29)28-12-11-20(5-2)17(28)3/h14-15,17-21H,4-13,16H2,1-3H3/t17-,18?,19?,20+/m0/s1. The second-order valence-electron chi connectivity index (χ2n) is 9.99. The summed E-state index contributed by atoms with van der Waals surface area (Å²) >= 11 is 0. The maximum Gasteiger partial charge on any atom is 0.257 e. The monoisotopic (exact) mass is 415 g/mol. The molecule has 0 aromatic heterocycles. The Morgan fingerprint density at radius 2 is 1.90 bits per heavy atom.